The summed E-state index contributed by atoms with van der Waals surface area (Å²) in [7, 11) is 0. The van der Waals surface area contributed by atoms with E-state index in [4.69, 9.17) is 4.74 Å². The SMILES string of the molecule is CC(C)(C)C(=O)Oc1cc(/C=C/C(=O)c2ccccc2)cc([N+](=O)[O-])c1O. The van der Waals surface area contributed by atoms with Crippen LogP contribution in [0.25, 0.3) is 6.08 Å². The summed E-state index contributed by atoms with van der Waals surface area (Å²) in [6, 6.07) is 10.9. The lowest BCUT2D eigenvalue weighted by Gasteiger charge is -2.17. The van der Waals surface area contributed by atoms with Crippen molar-refractivity contribution < 1.29 is 24.4 Å². The van der Waals surface area contributed by atoms with Crippen molar-refractivity contribution in [1.29, 1.82) is 0 Å². The number of nitrogens with zero attached hydrogens (tertiary/aromatic N) is 1. The standard InChI is InChI=1S/C20H19NO6/c1-20(2,3)19(24)27-17-12-13(11-15(18(17)23)21(25)26)9-10-16(22)14-7-5-4-6-8-14/h4-12,23H,1-3H3/b10-9+. The number of hydrogen-bond acceptors (Lipinski definition) is 6. The number of rotatable bonds is 5. The van der Waals surface area contributed by atoms with Gasteiger partial charge in [-0.3, -0.25) is 19.7 Å². The van der Waals surface area contributed by atoms with Crippen molar-refractivity contribution in [3.8, 4) is 11.5 Å². The molecule has 0 spiro atoms. The Labute approximate surface area is 156 Å². The van der Waals surface area contributed by atoms with Gasteiger partial charge in [-0.15, -0.1) is 0 Å². The van der Waals surface area contributed by atoms with Crippen LogP contribution >= 0.6 is 0 Å². The van der Waals surface area contributed by atoms with Crippen molar-refractivity contribution in [1.82, 2.24) is 0 Å². The number of ether oxygens (including phenoxy) is 1. The minimum absolute atomic E-state index is 0.237. The highest BCUT2D eigenvalue weighted by atomic mass is 16.6. The van der Waals surface area contributed by atoms with Gasteiger partial charge in [0.2, 0.25) is 5.75 Å². The summed E-state index contributed by atoms with van der Waals surface area (Å²) in [6.07, 6.45) is 2.61. The van der Waals surface area contributed by atoms with Gasteiger partial charge in [-0.05, 0) is 38.5 Å². The second kappa shape index (κ2) is 7.82. The molecule has 0 aliphatic carbocycles. The normalized spacial score (nSPS) is 11.4. The van der Waals surface area contributed by atoms with E-state index < -0.39 is 27.7 Å². The molecule has 2 aromatic carbocycles. The smallest absolute Gasteiger partial charge is 0.316 e. The number of hydrogen-bond donors (Lipinski definition) is 1. The Hall–Kier alpha value is -3.48. The summed E-state index contributed by atoms with van der Waals surface area (Å²) in [4.78, 5) is 34.6. The number of ketones is 1. The zero-order chi connectivity index (χ0) is 20.2. The molecule has 7 nitrogen and oxygen atoms in total. The number of carbonyl (C=O) groups is 2. The number of phenolic OH excluding ortho intramolecular Hbond substituents is 1. The predicted molar refractivity (Wildman–Crippen MR) is 99.7 cm³/mol. The molecule has 0 atom stereocenters. The third-order valence-electron chi connectivity index (χ3n) is 3.57. The van der Waals surface area contributed by atoms with E-state index in [1.54, 1.807) is 51.1 Å². The average molecular weight is 369 g/mol. The first kappa shape index (κ1) is 19.8. The second-order valence-electron chi connectivity index (χ2n) is 6.85. The molecule has 2 aromatic rings. The van der Waals surface area contributed by atoms with Crippen LogP contribution in [0.15, 0.2) is 48.5 Å². The van der Waals surface area contributed by atoms with E-state index in [-0.39, 0.29) is 17.1 Å². The number of esters is 1. The Bertz CT molecular complexity index is 910. The van der Waals surface area contributed by atoms with Crippen LogP contribution in [0.1, 0.15) is 36.7 Å². The largest absolute Gasteiger partial charge is 0.499 e. The van der Waals surface area contributed by atoms with Gasteiger partial charge in [-0.25, -0.2) is 0 Å². The lowest BCUT2D eigenvalue weighted by Crippen LogP contribution is -2.25. The molecule has 0 aliphatic rings. The molecule has 0 aromatic heterocycles. The number of nitro benzene ring substituents is 1. The number of nitro groups is 1. The van der Waals surface area contributed by atoms with Crippen molar-refractivity contribution in [3.63, 3.8) is 0 Å². The average Bonchev–Trinajstić information content (AvgIpc) is 2.61. The lowest BCUT2D eigenvalue weighted by molar-refractivity contribution is -0.385. The highest BCUT2D eigenvalue weighted by molar-refractivity contribution is 6.06. The number of aromatic hydroxyl groups is 1. The Balaban J connectivity index is 2.39. The highest BCUT2D eigenvalue weighted by Gasteiger charge is 2.27. The van der Waals surface area contributed by atoms with E-state index in [0.29, 0.717) is 5.56 Å². The van der Waals surface area contributed by atoms with E-state index in [9.17, 15) is 24.8 Å². The molecular weight excluding hydrogens is 350 g/mol. The molecule has 0 amide bonds. The van der Waals surface area contributed by atoms with Crippen molar-refractivity contribution in [2.45, 2.75) is 20.8 Å². The zero-order valence-corrected chi connectivity index (χ0v) is 15.1. The summed E-state index contributed by atoms with van der Waals surface area (Å²) >= 11 is 0. The van der Waals surface area contributed by atoms with Gasteiger partial charge in [-0.2, -0.15) is 0 Å². The van der Waals surface area contributed by atoms with E-state index in [0.717, 1.165) is 6.07 Å². The first-order valence-electron chi connectivity index (χ1n) is 8.10. The van der Waals surface area contributed by atoms with Gasteiger partial charge in [0.25, 0.3) is 0 Å². The van der Waals surface area contributed by atoms with Crippen LogP contribution in [0, 0.1) is 15.5 Å². The molecule has 0 fully saturated rings. The summed E-state index contributed by atoms with van der Waals surface area (Å²) in [5.74, 6) is -2.03. The van der Waals surface area contributed by atoms with Gasteiger partial charge in [0.05, 0.1) is 10.3 Å². The Morgan fingerprint density at radius 1 is 1.15 bits per heavy atom. The molecule has 0 aliphatic heterocycles. The highest BCUT2D eigenvalue weighted by Crippen LogP contribution is 2.38. The summed E-state index contributed by atoms with van der Waals surface area (Å²) < 4.78 is 5.12. The van der Waals surface area contributed by atoms with Gasteiger partial charge in [0.1, 0.15) is 0 Å². The van der Waals surface area contributed by atoms with E-state index in [1.165, 1.54) is 18.2 Å². The fraction of sp³-hybridized carbons (Fsp3) is 0.200. The maximum atomic E-state index is 12.1. The first-order chi connectivity index (χ1) is 12.6. The Morgan fingerprint density at radius 3 is 2.33 bits per heavy atom. The fourth-order valence-corrected chi connectivity index (χ4v) is 2.05. The molecule has 0 unspecified atom stereocenters. The summed E-state index contributed by atoms with van der Waals surface area (Å²) in [5, 5.41) is 21.2. The molecule has 0 bridgehead atoms. The van der Waals surface area contributed by atoms with Crippen LogP contribution in [0.2, 0.25) is 0 Å². The number of phenols is 1. The van der Waals surface area contributed by atoms with Crippen LogP contribution in [0.4, 0.5) is 5.69 Å². The van der Waals surface area contributed by atoms with Crippen LogP contribution in [-0.2, 0) is 4.79 Å². The van der Waals surface area contributed by atoms with E-state index >= 15 is 0 Å². The monoisotopic (exact) mass is 369 g/mol. The number of carbonyl (C=O) groups excluding carboxylic acids is 2. The number of benzene rings is 2. The van der Waals surface area contributed by atoms with Gasteiger partial charge in [0, 0.05) is 11.6 Å². The van der Waals surface area contributed by atoms with Crippen LogP contribution in [0.3, 0.4) is 0 Å². The van der Waals surface area contributed by atoms with Gasteiger partial charge in [0.15, 0.2) is 11.5 Å². The topological polar surface area (TPSA) is 107 Å². The van der Waals surface area contributed by atoms with E-state index in [2.05, 4.69) is 0 Å². The molecule has 140 valence electrons. The Morgan fingerprint density at radius 2 is 1.78 bits per heavy atom. The van der Waals surface area contributed by atoms with Crippen LogP contribution in [0.5, 0.6) is 11.5 Å². The minimum Gasteiger partial charge on any atom is -0.499 e. The fourth-order valence-electron chi connectivity index (χ4n) is 2.05. The van der Waals surface area contributed by atoms with Crippen molar-refractivity contribution in [2.24, 2.45) is 5.41 Å². The Kier molecular flexibility index (Phi) is 5.75. The molecule has 2 rings (SSSR count). The molecule has 7 heteroatoms. The quantitative estimate of drug-likeness (QED) is 0.212. The maximum absolute atomic E-state index is 12.1. The zero-order valence-electron chi connectivity index (χ0n) is 15.1. The van der Waals surface area contributed by atoms with Crippen LogP contribution in [-0.4, -0.2) is 21.8 Å². The third-order valence-corrected chi connectivity index (χ3v) is 3.57. The minimum atomic E-state index is -0.865. The predicted octanol–water partition coefficient (Wildman–Crippen LogP) is 4.15. The molecule has 0 saturated heterocycles. The molecule has 0 radical (unpaired) electrons. The maximum Gasteiger partial charge on any atom is 0.316 e. The van der Waals surface area contributed by atoms with E-state index in [1.807, 2.05) is 0 Å². The second-order valence-corrected chi connectivity index (χ2v) is 6.85. The van der Waals surface area contributed by atoms with Gasteiger partial charge >= 0.3 is 11.7 Å². The van der Waals surface area contributed by atoms with Gasteiger partial charge < -0.3 is 9.84 Å². The van der Waals surface area contributed by atoms with Crippen molar-refractivity contribution in [2.75, 3.05) is 0 Å². The number of allylic oxidation sites excluding steroid dienone is 1. The molecule has 1 N–H and O–H groups in total. The first-order valence-corrected chi connectivity index (χ1v) is 8.10. The summed E-state index contributed by atoms with van der Waals surface area (Å²) in [6.45, 7) is 4.84. The third kappa shape index (κ3) is 5.01. The molecular formula is C20H19NO6. The molecule has 0 heterocycles. The molecule has 27 heavy (non-hydrogen) atoms. The van der Waals surface area contributed by atoms with Gasteiger partial charge in [-0.1, -0.05) is 36.4 Å². The molecule has 0 saturated carbocycles. The lowest BCUT2D eigenvalue weighted by atomic mass is 9.97. The van der Waals surface area contributed by atoms with Crippen molar-refractivity contribution >= 4 is 23.5 Å². The van der Waals surface area contributed by atoms with Crippen molar-refractivity contribution in [3.05, 3.63) is 69.8 Å². The van der Waals surface area contributed by atoms with Crippen LogP contribution < -0.4 is 4.74 Å². The summed E-state index contributed by atoms with van der Waals surface area (Å²) in [5.41, 5.74) is -0.793.